The number of nitrogens with zero attached hydrogens (tertiary/aromatic N) is 2. The maximum atomic E-state index is 12.6. The predicted octanol–water partition coefficient (Wildman–Crippen LogP) is 4.49. The van der Waals surface area contributed by atoms with E-state index in [1.165, 1.54) is 44.8 Å². The van der Waals surface area contributed by atoms with Crippen LogP contribution in [0.4, 0.5) is 5.13 Å². The second-order valence-electron chi connectivity index (χ2n) is 5.83. The average Bonchev–Trinajstić information content (AvgIpc) is 3.09. The molecule has 0 saturated carbocycles. The zero-order valence-corrected chi connectivity index (χ0v) is 16.0. The predicted molar refractivity (Wildman–Crippen MR) is 100.0 cm³/mol. The van der Waals surface area contributed by atoms with Crippen molar-refractivity contribution in [2.75, 3.05) is 19.5 Å². The Hall–Kier alpha value is -2.15. The minimum absolute atomic E-state index is 0.323. The number of hydrogen-bond donors (Lipinski definition) is 1. The minimum Gasteiger partial charge on any atom is -0.496 e. The third-order valence-corrected chi connectivity index (χ3v) is 5.05. The molecule has 1 aromatic heterocycles. The molecule has 0 aliphatic heterocycles. The van der Waals surface area contributed by atoms with Crippen molar-refractivity contribution in [1.82, 2.24) is 10.2 Å². The second kappa shape index (κ2) is 9.36. The quantitative estimate of drug-likeness (QED) is 0.664. The smallest absolute Gasteiger partial charge is 0.265 e. The van der Waals surface area contributed by atoms with E-state index in [0.717, 1.165) is 11.4 Å². The molecule has 0 bridgehead atoms. The molecule has 0 radical (unpaired) electrons. The van der Waals surface area contributed by atoms with E-state index in [0.29, 0.717) is 28.1 Å². The molecule has 1 heterocycles. The number of amides is 1. The maximum absolute atomic E-state index is 12.6. The molecule has 0 spiro atoms. The largest absolute Gasteiger partial charge is 0.496 e. The molecular weight excluding hydrogens is 338 g/mol. The van der Waals surface area contributed by atoms with Crippen LogP contribution in [-0.4, -0.2) is 30.3 Å². The Morgan fingerprint density at radius 1 is 1.20 bits per heavy atom. The number of rotatable bonds is 9. The van der Waals surface area contributed by atoms with Crippen molar-refractivity contribution in [2.24, 2.45) is 0 Å². The Balaban J connectivity index is 2.09. The SMILES string of the molecule is CCCCCC(C)c1nnc(NC(=O)c2c(OC)cccc2OC)s1. The Kier molecular flexibility index (Phi) is 7.18. The summed E-state index contributed by atoms with van der Waals surface area (Å²) in [6, 6.07) is 5.22. The molecule has 0 fully saturated rings. The standard InChI is InChI=1S/C18H25N3O3S/c1-5-6-7-9-12(2)17-20-21-18(25-17)19-16(22)15-13(23-3)10-8-11-14(15)24-4/h8,10-12H,5-7,9H2,1-4H3,(H,19,21,22). The number of unbranched alkanes of at least 4 members (excludes halogenated alkanes) is 2. The maximum Gasteiger partial charge on any atom is 0.265 e. The molecule has 1 unspecified atom stereocenters. The highest BCUT2D eigenvalue weighted by Crippen LogP contribution is 2.31. The lowest BCUT2D eigenvalue weighted by molar-refractivity contribution is 0.102. The summed E-state index contributed by atoms with van der Waals surface area (Å²) >= 11 is 1.41. The first-order valence-corrected chi connectivity index (χ1v) is 9.28. The van der Waals surface area contributed by atoms with Gasteiger partial charge in [0.05, 0.1) is 14.2 Å². The van der Waals surface area contributed by atoms with E-state index in [-0.39, 0.29) is 5.91 Å². The third kappa shape index (κ3) is 4.92. The van der Waals surface area contributed by atoms with E-state index in [9.17, 15) is 4.79 Å². The number of anilines is 1. The molecule has 0 aliphatic rings. The summed E-state index contributed by atoms with van der Waals surface area (Å²) in [6.45, 7) is 4.33. The van der Waals surface area contributed by atoms with Crippen molar-refractivity contribution < 1.29 is 14.3 Å². The molecule has 0 saturated heterocycles. The number of ether oxygens (including phenoxy) is 2. The number of aromatic nitrogens is 2. The molecule has 136 valence electrons. The number of benzene rings is 1. The normalized spacial score (nSPS) is 11.8. The summed E-state index contributed by atoms with van der Waals surface area (Å²) in [5, 5.41) is 12.5. The fourth-order valence-electron chi connectivity index (χ4n) is 2.54. The first-order chi connectivity index (χ1) is 12.1. The van der Waals surface area contributed by atoms with Crippen molar-refractivity contribution in [3.05, 3.63) is 28.8 Å². The Labute approximate surface area is 152 Å². The van der Waals surface area contributed by atoms with Gasteiger partial charge in [0.1, 0.15) is 22.1 Å². The zero-order valence-electron chi connectivity index (χ0n) is 15.2. The monoisotopic (exact) mass is 363 g/mol. The minimum atomic E-state index is -0.323. The summed E-state index contributed by atoms with van der Waals surface area (Å²) in [6.07, 6.45) is 4.68. The van der Waals surface area contributed by atoms with Gasteiger partial charge >= 0.3 is 0 Å². The summed E-state index contributed by atoms with van der Waals surface area (Å²) in [7, 11) is 3.04. The third-order valence-electron chi connectivity index (χ3n) is 3.98. The Morgan fingerprint density at radius 3 is 2.48 bits per heavy atom. The van der Waals surface area contributed by atoms with Crippen LogP contribution in [0.1, 0.15) is 60.8 Å². The molecule has 25 heavy (non-hydrogen) atoms. The number of carbonyl (C=O) groups excluding carboxylic acids is 1. The first kappa shape index (κ1) is 19.2. The summed E-state index contributed by atoms with van der Waals surface area (Å²) in [5.74, 6) is 0.926. The molecular formula is C18H25N3O3S. The highest BCUT2D eigenvalue weighted by atomic mass is 32.1. The zero-order chi connectivity index (χ0) is 18.2. The fourth-order valence-corrected chi connectivity index (χ4v) is 3.37. The van der Waals surface area contributed by atoms with Gasteiger partial charge in [-0.1, -0.05) is 50.5 Å². The van der Waals surface area contributed by atoms with Crippen LogP contribution in [0.3, 0.4) is 0 Å². The number of nitrogens with one attached hydrogen (secondary N) is 1. The van der Waals surface area contributed by atoms with Gasteiger partial charge in [0, 0.05) is 5.92 Å². The molecule has 1 atom stereocenters. The van der Waals surface area contributed by atoms with Gasteiger partial charge in [0.2, 0.25) is 5.13 Å². The highest BCUT2D eigenvalue weighted by molar-refractivity contribution is 7.15. The van der Waals surface area contributed by atoms with Crippen molar-refractivity contribution in [3.8, 4) is 11.5 Å². The molecule has 1 amide bonds. The highest BCUT2D eigenvalue weighted by Gasteiger charge is 2.20. The lowest BCUT2D eigenvalue weighted by atomic mass is 10.0. The summed E-state index contributed by atoms with van der Waals surface area (Å²) < 4.78 is 10.5. The van der Waals surface area contributed by atoms with Crippen LogP contribution in [0.2, 0.25) is 0 Å². The van der Waals surface area contributed by atoms with Gasteiger partial charge in [-0.05, 0) is 18.6 Å². The van der Waals surface area contributed by atoms with E-state index >= 15 is 0 Å². The Morgan fingerprint density at radius 2 is 1.88 bits per heavy atom. The molecule has 6 nitrogen and oxygen atoms in total. The van der Waals surface area contributed by atoms with Crippen LogP contribution in [0.5, 0.6) is 11.5 Å². The lowest BCUT2D eigenvalue weighted by Crippen LogP contribution is -2.14. The van der Waals surface area contributed by atoms with Crippen LogP contribution in [0.25, 0.3) is 0 Å². The average molecular weight is 363 g/mol. The van der Waals surface area contributed by atoms with E-state index in [1.54, 1.807) is 18.2 Å². The number of carbonyl (C=O) groups is 1. The second-order valence-corrected chi connectivity index (χ2v) is 6.84. The first-order valence-electron chi connectivity index (χ1n) is 8.46. The van der Waals surface area contributed by atoms with Crippen molar-refractivity contribution in [1.29, 1.82) is 0 Å². The van der Waals surface area contributed by atoms with Crippen molar-refractivity contribution >= 4 is 22.4 Å². The van der Waals surface area contributed by atoms with Gasteiger partial charge in [-0.25, -0.2) is 0 Å². The van der Waals surface area contributed by atoms with Crippen LogP contribution >= 0.6 is 11.3 Å². The van der Waals surface area contributed by atoms with Gasteiger partial charge in [0.25, 0.3) is 5.91 Å². The summed E-state index contributed by atoms with van der Waals surface area (Å²) in [5.41, 5.74) is 0.347. The van der Waals surface area contributed by atoms with Gasteiger partial charge in [0.15, 0.2) is 0 Å². The molecule has 7 heteroatoms. The van der Waals surface area contributed by atoms with E-state index < -0.39 is 0 Å². The summed E-state index contributed by atoms with van der Waals surface area (Å²) in [4.78, 5) is 12.6. The van der Waals surface area contributed by atoms with Crippen LogP contribution in [0, 0.1) is 0 Å². The van der Waals surface area contributed by atoms with Gasteiger partial charge < -0.3 is 9.47 Å². The van der Waals surface area contributed by atoms with E-state index in [4.69, 9.17) is 9.47 Å². The van der Waals surface area contributed by atoms with E-state index in [1.807, 2.05) is 0 Å². The van der Waals surface area contributed by atoms with Crippen LogP contribution in [-0.2, 0) is 0 Å². The molecule has 0 aliphatic carbocycles. The molecule has 1 N–H and O–H groups in total. The fraction of sp³-hybridized carbons (Fsp3) is 0.500. The molecule has 2 aromatic rings. The van der Waals surface area contributed by atoms with Crippen LogP contribution in [0.15, 0.2) is 18.2 Å². The van der Waals surface area contributed by atoms with Crippen LogP contribution < -0.4 is 14.8 Å². The topological polar surface area (TPSA) is 73.3 Å². The van der Waals surface area contributed by atoms with Gasteiger partial charge in [-0.15, -0.1) is 10.2 Å². The number of hydrogen-bond acceptors (Lipinski definition) is 6. The molecule has 1 aromatic carbocycles. The van der Waals surface area contributed by atoms with E-state index in [2.05, 4.69) is 29.4 Å². The van der Waals surface area contributed by atoms with Gasteiger partial charge in [-0.3, -0.25) is 10.1 Å². The lowest BCUT2D eigenvalue weighted by Gasteiger charge is -2.11. The Bertz CT molecular complexity index is 680. The molecule has 2 rings (SSSR count). The van der Waals surface area contributed by atoms with Crippen molar-refractivity contribution in [3.63, 3.8) is 0 Å². The number of methoxy groups -OCH3 is 2. The van der Waals surface area contributed by atoms with Crippen molar-refractivity contribution in [2.45, 2.75) is 45.4 Å². The van der Waals surface area contributed by atoms with Gasteiger partial charge in [-0.2, -0.15) is 0 Å².